The monoisotopic (exact) mass is 257 g/mol. The average Bonchev–Trinajstić information content (AvgIpc) is 2.44. The zero-order valence-corrected chi connectivity index (χ0v) is 11.1. The topological polar surface area (TPSA) is 40.5 Å². The molecule has 1 aliphatic rings. The summed E-state index contributed by atoms with van der Waals surface area (Å²) >= 11 is 0. The number of aliphatic hydroxyl groups is 1. The lowest BCUT2D eigenvalue weighted by atomic mass is 10.1. The van der Waals surface area contributed by atoms with Gasteiger partial charge in [0.25, 0.3) is 0 Å². The Labute approximate surface area is 114 Å². The number of carbonyl (C=O) groups is 1. The van der Waals surface area contributed by atoms with Crippen molar-refractivity contribution in [3.8, 4) is 11.8 Å². The smallest absolute Gasteiger partial charge is 0.222 e. The van der Waals surface area contributed by atoms with Crippen molar-refractivity contribution in [3.63, 3.8) is 0 Å². The summed E-state index contributed by atoms with van der Waals surface area (Å²) < 4.78 is 0. The van der Waals surface area contributed by atoms with Crippen molar-refractivity contribution in [2.75, 3.05) is 13.2 Å². The number of rotatable bonds is 3. The highest BCUT2D eigenvalue weighted by atomic mass is 16.2. The zero-order chi connectivity index (χ0) is 13.5. The molecule has 0 saturated carbocycles. The van der Waals surface area contributed by atoms with Crippen LogP contribution in [0.1, 0.15) is 36.8 Å². The molecule has 0 spiro atoms. The molecule has 0 radical (unpaired) electrons. The van der Waals surface area contributed by atoms with Gasteiger partial charge in [0, 0.05) is 31.5 Å². The molecule has 1 N–H and O–H groups in total. The fraction of sp³-hybridized carbons (Fsp3) is 0.438. The molecule has 1 amide bonds. The highest BCUT2D eigenvalue weighted by Gasteiger charge is 2.17. The Morgan fingerprint density at radius 3 is 2.68 bits per heavy atom. The molecule has 1 heterocycles. The molecule has 0 bridgehead atoms. The molecule has 1 fully saturated rings. The fourth-order valence-corrected chi connectivity index (χ4v) is 2.16. The third-order valence-electron chi connectivity index (χ3n) is 3.22. The van der Waals surface area contributed by atoms with Gasteiger partial charge in [-0.15, -0.1) is 0 Å². The number of carbonyl (C=O) groups excluding carboxylic acids is 1. The molecule has 0 aliphatic carbocycles. The Hall–Kier alpha value is -1.79. The van der Waals surface area contributed by atoms with Crippen LogP contribution in [0.5, 0.6) is 0 Å². The van der Waals surface area contributed by atoms with Crippen LogP contribution >= 0.6 is 0 Å². The van der Waals surface area contributed by atoms with Crippen molar-refractivity contribution in [1.29, 1.82) is 0 Å². The standard InChI is InChI=1S/C16H19NO2/c18-12-4-2-5-14-7-9-15(10-8-14)13-17-11-3-1-6-16(17)19/h7-10,18H,1,3-4,6,11-13H2. The first-order valence-corrected chi connectivity index (χ1v) is 6.76. The molecular weight excluding hydrogens is 238 g/mol. The molecule has 1 aromatic rings. The van der Waals surface area contributed by atoms with Crippen LogP contribution in [-0.4, -0.2) is 29.1 Å². The number of hydrogen-bond acceptors (Lipinski definition) is 2. The zero-order valence-electron chi connectivity index (χ0n) is 11.1. The maximum absolute atomic E-state index is 11.7. The third-order valence-corrected chi connectivity index (χ3v) is 3.22. The Balaban J connectivity index is 1.95. The van der Waals surface area contributed by atoms with Crippen LogP contribution in [0.4, 0.5) is 0 Å². The van der Waals surface area contributed by atoms with Gasteiger partial charge in [-0.25, -0.2) is 0 Å². The number of benzene rings is 1. The summed E-state index contributed by atoms with van der Waals surface area (Å²) in [6, 6.07) is 7.97. The fourth-order valence-electron chi connectivity index (χ4n) is 2.16. The largest absolute Gasteiger partial charge is 0.395 e. The Morgan fingerprint density at radius 2 is 2.00 bits per heavy atom. The van der Waals surface area contributed by atoms with Crippen LogP contribution in [0.2, 0.25) is 0 Å². The quantitative estimate of drug-likeness (QED) is 0.841. The second kappa shape index (κ2) is 6.96. The minimum Gasteiger partial charge on any atom is -0.395 e. The maximum atomic E-state index is 11.7. The number of hydrogen-bond donors (Lipinski definition) is 1. The summed E-state index contributed by atoms with van der Waals surface area (Å²) in [5, 5.41) is 8.66. The van der Waals surface area contributed by atoms with Crippen molar-refractivity contribution in [2.45, 2.75) is 32.2 Å². The number of aliphatic hydroxyl groups excluding tert-OH is 1. The van der Waals surface area contributed by atoms with Crippen LogP contribution < -0.4 is 0 Å². The minimum atomic E-state index is 0.0994. The summed E-state index contributed by atoms with van der Waals surface area (Å²) in [6.07, 6.45) is 3.32. The second-order valence-corrected chi connectivity index (χ2v) is 4.74. The van der Waals surface area contributed by atoms with E-state index < -0.39 is 0 Å². The van der Waals surface area contributed by atoms with Gasteiger partial charge in [0.1, 0.15) is 0 Å². The molecule has 1 saturated heterocycles. The maximum Gasteiger partial charge on any atom is 0.222 e. The molecule has 1 aromatic carbocycles. The number of piperidine rings is 1. The summed E-state index contributed by atoms with van der Waals surface area (Å²) in [4.78, 5) is 13.6. The van der Waals surface area contributed by atoms with Gasteiger partial charge in [-0.3, -0.25) is 4.79 Å². The molecule has 3 heteroatoms. The Bertz CT molecular complexity index is 482. The van der Waals surface area contributed by atoms with Crippen LogP contribution in [0.3, 0.4) is 0 Å². The summed E-state index contributed by atoms with van der Waals surface area (Å²) in [7, 11) is 0. The van der Waals surface area contributed by atoms with Crippen molar-refractivity contribution < 1.29 is 9.90 Å². The van der Waals surface area contributed by atoms with E-state index in [-0.39, 0.29) is 12.5 Å². The predicted molar refractivity (Wildman–Crippen MR) is 74.3 cm³/mol. The Morgan fingerprint density at radius 1 is 1.21 bits per heavy atom. The van der Waals surface area contributed by atoms with Gasteiger partial charge in [-0.05, 0) is 30.5 Å². The Kier molecular flexibility index (Phi) is 5.00. The first-order valence-electron chi connectivity index (χ1n) is 6.76. The lowest BCUT2D eigenvalue weighted by molar-refractivity contribution is -0.133. The van der Waals surface area contributed by atoms with E-state index in [9.17, 15) is 4.79 Å². The third kappa shape index (κ3) is 4.11. The van der Waals surface area contributed by atoms with Gasteiger partial charge in [-0.1, -0.05) is 24.0 Å². The number of amides is 1. The molecule has 2 rings (SSSR count). The number of nitrogens with zero attached hydrogens (tertiary/aromatic N) is 1. The van der Waals surface area contributed by atoms with E-state index in [0.717, 1.165) is 30.5 Å². The van der Waals surface area contributed by atoms with E-state index >= 15 is 0 Å². The lowest BCUT2D eigenvalue weighted by Gasteiger charge is -2.26. The normalized spacial score (nSPS) is 15.0. The molecule has 0 unspecified atom stereocenters. The van der Waals surface area contributed by atoms with Crippen molar-refractivity contribution >= 4 is 5.91 Å². The van der Waals surface area contributed by atoms with Crippen LogP contribution in [0.15, 0.2) is 24.3 Å². The predicted octanol–water partition coefficient (Wildman–Crippen LogP) is 1.93. The van der Waals surface area contributed by atoms with Gasteiger partial charge in [-0.2, -0.15) is 0 Å². The van der Waals surface area contributed by atoms with Gasteiger partial charge >= 0.3 is 0 Å². The van der Waals surface area contributed by atoms with E-state index in [2.05, 4.69) is 11.8 Å². The first kappa shape index (κ1) is 13.6. The van der Waals surface area contributed by atoms with Crippen LogP contribution in [0, 0.1) is 11.8 Å². The molecular formula is C16H19NO2. The summed E-state index contributed by atoms with van der Waals surface area (Å²) in [5.41, 5.74) is 2.09. The van der Waals surface area contributed by atoms with Gasteiger partial charge in [0.2, 0.25) is 5.91 Å². The molecule has 3 nitrogen and oxygen atoms in total. The van der Waals surface area contributed by atoms with E-state index in [1.807, 2.05) is 29.2 Å². The van der Waals surface area contributed by atoms with Crippen LogP contribution in [-0.2, 0) is 11.3 Å². The SMILES string of the molecule is O=C1CCCCN1Cc1ccc(C#CCCO)cc1. The van der Waals surface area contributed by atoms with Crippen LogP contribution in [0.25, 0.3) is 0 Å². The summed E-state index contributed by atoms with van der Waals surface area (Å²) in [5.74, 6) is 6.15. The van der Waals surface area contributed by atoms with E-state index in [1.54, 1.807) is 0 Å². The highest BCUT2D eigenvalue weighted by molar-refractivity contribution is 5.76. The van der Waals surface area contributed by atoms with Gasteiger partial charge < -0.3 is 10.0 Å². The van der Waals surface area contributed by atoms with E-state index in [1.165, 1.54) is 0 Å². The summed E-state index contributed by atoms with van der Waals surface area (Å²) in [6.45, 7) is 1.67. The molecule has 0 aromatic heterocycles. The van der Waals surface area contributed by atoms with Crippen molar-refractivity contribution in [3.05, 3.63) is 35.4 Å². The minimum absolute atomic E-state index is 0.0994. The van der Waals surface area contributed by atoms with Gasteiger partial charge in [0.15, 0.2) is 0 Å². The molecule has 0 atom stereocenters. The highest BCUT2D eigenvalue weighted by Crippen LogP contribution is 2.14. The molecule has 19 heavy (non-hydrogen) atoms. The van der Waals surface area contributed by atoms with E-state index in [4.69, 9.17) is 5.11 Å². The lowest BCUT2D eigenvalue weighted by Crippen LogP contribution is -2.34. The first-order chi connectivity index (χ1) is 9.29. The van der Waals surface area contributed by atoms with Crippen molar-refractivity contribution in [2.24, 2.45) is 0 Å². The van der Waals surface area contributed by atoms with Gasteiger partial charge in [0.05, 0.1) is 6.61 Å². The second-order valence-electron chi connectivity index (χ2n) is 4.74. The molecule has 1 aliphatic heterocycles. The van der Waals surface area contributed by atoms with Crippen molar-refractivity contribution in [1.82, 2.24) is 4.90 Å². The number of likely N-dealkylation sites (tertiary alicyclic amines) is 1. The van der Waals surface area contributed by atoms with E-state index in [0.29, 0.717) is 19.4 Å². The average molecular weight is 257 g/mol. The molecule has 100 valence electrons.